The van der Waals surface area contributed by atoms with Crippen molar-refractivity contribution in [3.63, 3.8) is 0 Å². The highest BCUT2D eigenvalue weighted by Crippen LogP contribution is 2.18. The number of para-hydroxylation sites is 1. The van der Waals surface area contributed by atoms with Gasteiger partial charge in [-0.2, -0.15) is 0 Å². The molecule has 0 aliphatic carbocycles. The standard InChI is InChI=1S/C18H17F2N3O/c1-11-5-3-8-15-18(11)23(2)16(22-15)10-21-17(24)9-12-13(19)6-4-7-14(12)20/h3-8H,9-10H2,1-2H3,(H,21,24). The topological polar surface area (TPSA) is 46.9 Å². The Morgan fingerprint density at radius 3 is 2.50 bits per heavy atom. The second kappa shape index (κ2) is 6.39. The van der Waals surface area contributed by atoms with E-state index in [0.29, 0.717) is 5.82 Å². The van der Waals surface area contributed by atoms with E-state index >= 15 is 0 Å². The minimum atomic E-state index is -0.719. The third-order valence-electron chi connectivity index (χ3n) is 4.03. The number of carbonyl (C=O) groups is 1. The summed E-state index contributed by atoms with van der Waals surface area (Å²) in [6.07, 6.45) is -0.346. The second-order valence-electron chi connectivity index (χ2n) is 5.68. The van der Waals surface area contributed by atoms with Gasteiger partial charge in [-0.3, -0.25) is 4.79 Å². The lowest BCUT2D eigenvalue weighted by molar-refractivity contribution is -0.120. The Morgan fingerprint density at radius 2 is 1.83 bits per heavy atom. The summed E-state index contributed by atoms with van der Waals surface area (Å²) in [7, 11) is 1.88. The fraction of sp³-hybridized carbons (Fsp3) is 0.222. The zero-order valence-electron chi connectivity index (χ0n) is 13.4. The van der Waals surface area contributed by atoms with Crippen molar-refractivity contribution in [3.05, 3.63) is 65.0 Å². The van der Waals surface area contributed by atoms with Gasteiger partial charge in [0.15, 0.2) is 0 Å². The quantitative estimate of drug-likeness (QED) is 0.800. The predicted molar refractivity (Wildman–Crippen MR) is 87.4 cm³/mol. The number of imidazole rings is 1. The first-order valence-corrected chi connectivity index (χ1v) is 7.58. The molecule has 3 rings (SSSR count). The van der Waals surface area contributed by atoms with Gasteiger partial charge in [0.2, 0.25) is 5.91 Å². The molecule has 6 heteroatoms. The minimum Gasteiger partial charge on any atom is -0.349 e. The van der Waals surface area contributed by atoms with Crippen LogP contribution < -0.4 is 5.32 Å². The molecule has 0 spiro atoms. The highest BCUT2D eigenvalue weighted by Gasteiger charge is 2.14. The number of halogens is 2. The molecule has 3 aromatic rings. The summed E-state index contributed by atoms with van der Waals surface area (Å²) in [4.78, 5) is 16.5. The summed E-state index contributed by atoms with van der Waals surface area (Å²) in [5.74, 6) is -1.21. The molecule has 1 heterocycles. The molecular weight excluding hydrogens is 312 g/mol. The van der Waals surface area contributed by atoms with Gasteiger partial charge in [-0.1, -0.05) is 18.2 Å². The van der Waals surface area contributed by atoms with Gasteiger partial charge in [0.25, 0.3) is 0 Å². The zero-order chi connectivity index (χ0) is 17.3. The monoisotopic (exact) mass is 329 g/mol. The second-order valence-corrected chi connectivity index (χ2v) is 5.68. The number of amides is 1. The van der Waals surface area contributed by atoms with Crippen LogP contribution in [0.2, 0.25) is 0 Å². The fourth-order valence-corrected chi connectivity index (χ4v) is 2.77. The van der Waals surface area contributed by atoms with Crippen LogP contribution in [0.3, 0.4) is 0 Å². The highest BCUT2D eigenvalue weighted by atomic mass is 19.1. The number of aryl methyl sites for hydroxylation is 2. The predicted octanol–water partition coefficient (Wildman–Crippen LogP) is 3.02. The van der Waals surface area contributed by atoms with Crippen LogP contribution in [0.1, 0.15) is 17.0 Å². The number of hydrogen-bond acceptors (Lipinski definition) is 2. The minimum absolute atomic E-state index is 0.194. The molecule has 0 bridgehead atoms. The van der Waals surface area contributed by atoms with E-state index in [-0.39, 0.29) is 18.5 Å². The first-order valence-electron chi connectivity index (χ1n) is 7.58. The smallest absolute Gasteiger partial charge is 0.225 e. The van der Waals surface area contributed by atoms with Crippen LogP contribution in [0, 0.1) is 18.6 Å². The molecule has 0 aliphatic rings. The summed E-state index contributed by atoms with van der Waals surface area (Å²) < 4.78 is 29.1. The number of nitrogens with one attached hydrogen (secondary N) is 1. The van der Waals surface area contributed by atoms with E-state index < -0.39 is 17.5 Å². The lowest BCUT2D eigenvalue weighted by Gasteiger charge is -2.07. The van der Waals surface area contributed by atoms with Crippen LogP contribution in [0.25, 0.3) is 11.0 Å². The Kier molecular flexibility index (Phi) is 4.29. The summed E-state index contributed by atoms with van der Waals surface area (Å²) >= 11 is 0. The molecule has 1 N–H and O–H groups in total. The molecular formula is C18H17F2N3O. The Hall–Kier alpha value is -2.76. The maximum Gasteiger partial charge on any atom is 0.225 e. The average Bonchev–Trinajstić information content (AvgIpc) is 2.87. The molecule has 2 aromatic carbocycles. The van der Waals surface area contributed by atoms with Gasteiger partial charge in [-0.05, 0) is 30.7 Å². The molecule has 124 valence electrons. The van der Waals surface area contributed by atoms with Crippen molar-refractivity contribution < 1.29 is 13.6 Å². The van der Waals surface area contributed by atoms with Gasteiger partial charge in [-0.15, -0.1) is 0 Å². The van der Waals surface area contributed by atoms with E-state index in [2.05, 4.69) is 10.3 Å². The maximum atomic E-state index is 13.6. The van der Waals surface area contributed by atoms with Crippen LogP contribution in [0.15, 0.2) is 36.4 Å². The third kappa shape index (κ3) is 2.99. The Labute approximate surface area is 138 Å². The summed E-state index contributed by atoms with van der Waals surface area (Å²) in [6, 6.07) is 9.37. The lowest BCUT2D eigenvalue weighted by atomic mass is 10.1. The number of rotatable bonds is 4. The van der Waals surface area contributed by atoms with E-state index in [9.17, 15) is 13.6 Å². The molecule has 1 aromatic heterocycles. The van der Waals surface area contributed by atoms with Gasteiger partial charge >= 0.3 is 0 Å². The van der Waals surface area contributed by atoms with E-state index in [1.165, 1.54) is 6.07 Å². The number of hydrogen-bond donors (Lipinski definition) is 1. The van der Waals surface area contributed by atoms with Gasteiger partial charge in [-0.25, -0.2) is 13.8 Å². The number of aromatic nitrogens is 2. The highest BCUT2D eigenvalue weighted by molar-refractivity contribution is 5.80. The number of carbonyl (C=O) groups excluding carboxylic acids is 1. The van der Waals surface area contributed by atoms with Gasteiger partial charge in [0.1, 0.15) is 17.5 Å². The Bertz CT molecular complexity index is 898. The van der Waals surface area contributed by atoms with Crippen molar-refractivity contribution in [2.45, 2.75) is 19.9 Å². The third-order valence-corrected chi connectivity index (χ3v) is 4.03. The maximum absolute atomic E-state index is 13.6. The number of fused-ring (bicyclic) bond motifs is 1. The SMILES string of the molecule is Cc1cccc2nc(CNC(=O)Cc3c(F)cccc3F)n(C)c12. The number of benzene rings is 2. The van der Waals surface area contributed by atoms with Crippen molar-refractivity contribution in [2.75, 3.05) is 0 Å². The van der Waals surface area contributed by atoms with Crippen molar-refractivity contribution in [1.82, 2.24) is 14.9 Å². The van der Waals surface area contributed by atoms with Crippen LogP contribution in [0.4, 0.5) is 8.78 Å². The summed E-state index contributed by atoms with van der Waals surface area (Å²) in [5.41, 5.74) is 2.72. The molecule has 0 radical (unpaired) electrons. The Morgan fingerprint density at radius 1 is 1.17 bits per heavy atom. The molecule has 0 saturated carbocycles. The fourth-order valence-electron chi connectivity index (χ4n) is 2.77. The van der Waals surface area contributed by atoms with E-state index in [4.69, 9.17) is 0 Å². The number of nitrogens with zero attached hydrogens (tertiary/aromatic N) is 2. The van der Waals surface area contributed by atoms with Crippen LogP contribution in [-0.2, 0) is 24.8 Å². The van der Waals surface area contributed by atoms with Crippen molar-refractivity contribution >= 4 is 16.9 Å². The zero-order valence-corrected chi connectivity index (χ0v) is 13.4. The molecule has 0 unspecified atom stereocenters. The van der Waals surface area contributed by atoms with Crippen molar-refractivity contribution in [2.24, 2.45) is 7.05 Å². The van der Waals surface area contributed by atoms with Gasteiger partial charge < -0.3 is 9.88 Å². The van der Waals surface area contributed by atoms with Crippen molar-refractivity contribution in [1.29, 1.82) is 0 Å². The van der Waals surface area contributed by atoms with Gasteiger partial charge in [0.05, 0.1) is 24.0 Å². The molecule has 4 nitrogen and oxygen atoms in total. The van der Waals surface area contributed by atoms with Crippen LogP contribution in [-0.4, -0.2) is 15.5 Å². The average molecular weight is 329 g/mol. The molecule has 0 aliphatic heterocycles. The van der Waals surface area contributed by atoms with Crippen LogP contribution in [0.5, 0.6) is 0 Å². The van der Waals surface area contributed by atoms with Gasteiger partial charge in [0, 0.05) is 12.6 Å². The van der Waals surface area contributed by atoms with E-state index in [1.807, 2.05) is 36.7 Å². The van der Waals surface area contributed by atoms with E-state index in [1.54, 1.807) is 0 Å². The summed E-state index contributed by atoms with van der Waals surface area (Å²) in [6.45, 7) is 2.19. The van der Waals surface area contributed by atoms with Crippen molar-refractivity contribution in [3.8, 4) is 0 Å². The molecule has 0 fully saturated rings. The molecule has 24 heavy (non-hydrogen) atoms. The normalized spacial score (nSPS) is 11.0. The van der Waals surface area contributed by atoms with E-state index in [0.717, 1.165) is 28.7 Å². The lowest BCUT2D eigenvalue weighted by Crippen LogP contribution is -2.26. The van der Waals surface area contributed by atoms with Crippen LogP contribution >= 0.6 is 0 Å². The first kappa shape index (κ1) is 16.1. The Balaban J connectivity index is 1.73. The largest absolute Gasteiger partial charge is 0.349 e. The summed E-state index contributed by atoms with van der Waals surface area (Å²) in [5, 5.41) is 2.67. The molecule has 1 amide bonds. The molecule has 0 atom stereocenters. The molecule has 0 saturated heterocycles. The first-order chi connectivity index (χ1) is 11.5.